The molecule has 1 atom stereocenters. The van der Waals surface area contributed by atoms with E-state index in [0.29, 0.717) is 5.54 Å². The van der Waals surface area contributed by atoms with Gasteiger partial charge in [-0.05, 0) is 19.3 Å². The summed E-state index contributed by atoms with van der Waals surface area (Å²) in [5.74, 6) is -0.270. The number of hydrogen-bond acceptors (Lipinski definition) is 2. The Bertz CT molecular complexity index is 285. The fourth-order valence-corrected chi connectivity index (χ4v) is 8.40. The normalized spacial score (nSPS) is 20.0. The first-order valence-corrected chi connectivity index (χ1v) is 13.1. The molecule has 1 aliphatic rings. The van der Waals surface area contributed by atoms with Crippen molar-refractivity contribution in [1.29, 1.82) is 0 Å². The van der Waals surface area contributed by atoms with Crippen LogP contribution in [-0.2, 0) is 9.47 Å². The quantitative estimate of drug-likeness (QED) is 0.323. The van der Waals surface area contributed by atoms with Crippen molar-refractivity contribution < 1.29 is 9.47 Å². The lowest BCUT2D eigenvalue weighted by atomic mass is 10.0. The lowest BCUT2D eigenvalue weighted by Crippen LogP contribution is -2.52. The molecule has 0 radical (unpaired) electrons. The molecular formula is C19H40O2Si. The van der Waals surface area contributed by atoms with Crippen LogP contribution in [0.5, 0.6) is 0 Å². The van der Waals surface area contributed by atoms with Crippen LogP contribution in [0.2, 0.25) is 24.7 Å². The van der Waals surface area contributed by atoms with Gasteiger partial charge in [0, 0.05) is 5.54 Å². The maximum atomic E-state index is 6.30. The highest BCUT2D eigenvalue weighted by atomic mass is 28.3. The van der Waals surface area contributed by atoms with Gasteiger partial charge in [0.15, 0.2) is 5.79 Å². The summed E-state index contributed by atoms with van der Waals surface area (Å²) in [5.41, 5.74) is 0.645. The van der Waals surface area contributed by atoms with Crippen LogP contribution in [0.3, 0.4) is 0 Å². The topological polar surface area (TPSA) is 18.5 Å². The van der Waals surface area contributed by atoms with Crippen LogP contribution in [0.4, 0.5) is 0 Å². The predicted molar refractivity (Wildman–Crippen MR) is 99.2 cm³/mol. The SMILES string of the molecule is CCCCCCCC(C1(CC)OCCCO1)[Si](C)(C)CCC. The Hall–Kier alpha value is 0.137. The standard InChI is InChI=1S/C19H40O2Si/c1-6-9-10-11-12-14-18(22(4,5)17-7-2)19(8-3)20-15-13-16-21-19/h18H,6-17H2,1-5H3. The molecule has 0 bridgehead atoms. The number of hydrogen-bond donors (Lipinski definition) is 0. The van der Waals surface area contributed by atoms with Crippen molar-refractivity contribution in [2.75, 3.05) is 13.2 Å². The van der Waals surface area contributed by atoms with Crippen molar-refractivity contribution in [3.63, 3.8) is 0 Å². The summed E-state index contributed by atoms with van der Waals surface area (Å²) in [6.07, 6.45) is 11.5. The summed E-state index contributed by atoms with van der Waals surface area (Å²) in [7, 11) is -1.33. The molecule has 2 nitrogen and oxygen atoms in total. The largest absolute Gasteiger partial charge is 0.350 e. The summed E-state index contributed by atoms with van der Waals surface area (Å²) in [6.45, 7) is 13.8. The fraction of sp³-hybridized carbons (Fsp3) is 1.00. The molecule has 132 valence electrons. The maximum absolute atomic E-state index is 6.30. The van der Waals surface area contributed by atoms with Crippen molar-refractivity contribution in [2.45, 2.75) is 109 Å². The molecule has 1 aliphatic heterocycles. The third-order valence-electron chi connectivity index (χ3n) is 5.44. The molecule has 1 heterocycles. The minimum Gasteiger partial charge on any atom is -0.350 e. The van der Waals surface area contributed by atoms with Crippen molar-refractivity contribution in [3.05, 3.63) is 0 Å². The van der Waals surface area contributed by atoms with Crippen LogP contribution in [0.15, 0.2) is 0 Å². The molecule has 1 rings (SSSR count). The predicted octanol–water partition coefficient (Wildman–Crippen LogP) is 6.38. The number of unbranched alkanes of at least 4 members (excludes halogenated alkanes) is 4. The van der Waals surface area contributed by atoms with Crippen LogP contribution >= 0.6 is 0 Å². The smallest absolute Gasteiger partial charge is 0.168 e. The van der Waals surface area contributed by atoms with Gasteiger partial charge in [-0.15, -0.1) is 0 Å². The Morgan fingerprint density at radius 2 is 1.55 bits per heavy atom. The van der Waals surface area contributed by atoms with E-state index in [9.17, 15) is 0 Å². The molecule has 0 aliphatic carbocycles. The van der Waals surface area contributed by atoms with Crippen LogP contribution < -0.4 is 0 Å². The first kappa shape index (κ1) is 20.2. The van der Waals surface area contributed by atoms with E-state index in [0.717, 1.165) is 26.1 Å². The molecule has 1 fully saturated rings. The lowest BCUT2D eigenvalue weighted by molar-refractivity contribution is -0.272. The molecule has 22 heavy (non-hydrogen) atoms. The Morgan fingerprint density at radius 1 is 0.909 bits per heavy atom. The van der Waals surface area contributed by atoms with Gasteiger partial charge >= 0.3 is 0 Å². The van der Waals surface area contributed by atoms with Gasteiger partial charge in [0.2, 0.25) is 0 Å². The molecule has 0 saturated carbocycles. The Kier molecular flexibility index (Phi) is 9.26. The molecule has 0 aromatic rings. The second kappa shape index (κ2) is 10.1. The van der Waals surface area contributed by atoms with Crippen molar-refractivity contribution >= 4 is 8.07 Å². The van der Waals surface area contributed by atoms with E-state index in [1.54, 1.807) is 0 Å². The molecule has 1 unspecified atom stereocenters. The number of rotatable bonds is 11. The zero-order chi connectivity index (χ0) is 16.5. The van der Waals surface area contributed by atoms with Crippen LogP contribution in [0, 0.1) is 0 Å². The maximum Gasteiger partial charge on any atom is 0.168 e. The molecular weight excluding hydrogens is 288 g/mol. The van der Waals surface area contributed by atoms with E-state index in [2.05, 4.69) is 33.9 Å². The highest BCUT2D eigenvalue weighted by Gasteiger charge is 2.48. The summed E-state index contributed by atoms with van der Waals surface area (Å²) in [6, 6.07) is 1.39. The van der Waals surface area contributed by atoms with Crippen LogP contribution in [0.25, 0.3) is 0 Å². The van der Waals surface area contributed by atoms with Crippen molar-refractivity contribution in [2.24, 2.45) is 0 Å². The van der Waals surface area contributed by atoms with Gasteiger partial charge in [-0.3, -0.25) is 0 Å². The summed E-state index contributed by atoms with van der Waals surface area (Å²) in [5, 5.41) is 0. The average molecular weight is 329 g/mol. The highest BCUT2D eigenvalue weighted by Crippen LogP contribution is 2.46. The van der Waals surface area contributed by atoms with E-state index in [1.165, 1.54) is 51.0 Å². The van der Waals surface area contributed by atoms with Gasteiger partial charge < -0.3 is 9.47 Å². The van der Waals surface area contributed by atoms with Crippen molar-refractivity contribution in [1.82, 2.24) is 0 Å². The molecule has 0 spiro atoms. The molecule has 0 aromatic heterocycles. The summed E-state index contributed by atoms with van der Waals surface area (Å²) < 4.78 is 12.6. The monoisotopic (exact) mass is 328 g/mol. The molecule has 0 amide bonds. The van der Waals surface area contributed by atoms with Crippen LogP contribution in [-0.4, -0.2) is 27.1 Å². The highest BCUT2D eigenvalue weighted by molar-refractivity contribution is 6.79. The molecule has 3 heteroatoms. The van der Waals surface area contributed by atoms with Gasteiger partial charge in [-0.25, -0.2) is 0 Å². The Balaban J connectivity index is 2.75. The van der Waals surface area contributed by atoms with Crippen molar-refractivity contribution in [3.8, 4) is 0 Å². The minimum absolute atomic E-state index is 0.270. The van der Waals surface area contributed by atoms with E-state index in [1.807, 2.05) is 0 Å². The summed E-state index contributed by atoms with van der Waals surface area (Å²) >= 11 is 0. The van der Waals surface area contributed by atoms with Gasteiger partial charge in [0.05, 0.1) is 21.3 Å². The number of ether oxygens (including phenoxy) is 2. The molecule has 0 N–H and O–H groups in total. The lowest BCUT2D eigenvalue weighted by Gasteiger charge is -2.48. The first-order valence-electron chi connectivity index (χ1n) is 9.80. The summed E-state index contributed by atoms with van der Waals surface area (Å²) in [4.78, 5) is 0. The minimum atomic E-state index is -1.33. The molecule has 0 aromatic carbocycles. The van der Waals surface area contributed by atoms with E-state index in [4.69, 9.17) is 9.47 Å². The second-order valence-corrected chi connectivity index (χ2v) is 12.9. The first-order chi connectivity index (χ1) is 10.5. The van der Waals surface area contributed by atoms with Gasteiger partial charge in [0.1, 0.15) is 0 Å². The second-order valence-electron chi connectivity index (χ2n) is 7.71. The average Bonchev–Trinajstić information content (AvgIpc) is 2.51. The van der Waals surface area contributed by atoms with Gasteiger partial charge in [0.25, 0.3) is 0 Å². The fourth-order valence-electron chi connectivity index (χ4n) is 4.22. The van der Waals surface area contributed by atoms with Crippen LogP contribution in [0.1, 0.15) is 78.6 Å². The van der Waals surface area contributed by atoms with E-state index in [-0.39, 0.29) is 5.79 Å². The third kappa shape index (κ3) is 5.65. The van der Waals surface area contributed by atoms with E-state index < -0.39 is 8.07 Å². The zero-order valence-electron chi connectivity index (χ0n) is 15.9. The van der Waals surface area contributed by atoms with E-state index >= 15 is 0 Å². The van der Waals surface area contributed by atoms with Gasteiger partial charge in [-0.1, -0.05) is 78.4 Å². The Labute approximate surface area is 140 Å². The third-order valence-corrected chi connectivity index (χ3v) is 9.84. The van der Waals surface area contributed by atoms with Gasteiger partial charge in [-0.2, -0.15) is 0 Å². The zero-order valence-corrected chi connectivity index (χ0v) is 16.9. The molecule has 1 saturated heterocycles. The Morgan fingerprint density at radius 3 is 2.09 bits per heavy atom.